The highest BCUT2D eigenvalue weighted by atomic mass is 16.3. The van der Waals surface area contributed by atoms with E-state index in [0.717, 1.165) is 12.3 Å². The van der Waals surface area contributed by atoms with Crippen LogP contribution in [-0.2, 0) is 0 Å². The summed E-state index contributed by atoms with van der Waals surface area (Å²) in [7, 11) is 0. The van der Waals surface area contributed by atoms with Crippen LogP contribution >= 0.6 is 0 Å². The molecular weight excluding hydrogens is 232 g/mol. The van der Waals surface area contributed by atoms with Crippen molar-refractivity contribution in [2.75, 3.05) is 0 Å². The van der Waals surface area contributed by atoms with Crippen LogP contribution in [0.25, 0.3) is 0 Å². The molecule has 106 valence electrons. The molecule has 1 saturated carbocycles. The van der Waals surface area contributed by atoms with Gasteiger partial charge in [0.05, 0.1) is 6.10 Å². The topological polar surface area (TPSA) is 20.2 Å². The summed E-state index contributed by atoms with van der Waals surface area (Å²) in [6, 6.07) is 10.9. The van der Waals surface area contributed by atoms with Crippen LogP contribution in [0.15, 0.2) is 30.3 Å². The first-order valence-electron chi connectivity index (χ1n) is 8.04. The minimum atomic E-state index is -0.0525. The molecule has 0 saturated heterocycles. The molecular formula is C18H28O. The number of aliphatic hydroxyl groups excluding tert-OH is 1. The van der Waals surface area contributed by atoms with Crippen LogP contribution in [0.5, 0.6) is 0 Å². The van der Waals surface area contributed by atoms with E-state index in [0.29, 0.717) is 5.92 Å². The van der Waals surface area contributed by atoms with Crippen LogP contribution in [0, 0.1) is 5.92 Å². The fourth-order valence-corrected chi connectivity index (χ4v) is 3.40. The molecule has 0 amide bonds. The van der Waals surface area contributed by atoms with E-state index in [1.165, 1.54) is 50.5 Å². The third kappa shape index (κ3) is 4.35. The predicted octanol–water partition coefficient (Wildman–Crippen LogP) is 4.90. The lowest BCUT2D eigenvalue weighted by atomic mass is 9.76. The Bertz CT molecular complexity index is 338. The van der Waals surface area contributed by atoms with Gasteiger partial charge in [0.25, 0.3) is 0 Å². The molecule has 0 aliphatic heterocycles. The monoisotopic (exact) mass is 260 g/mol. The Hall–Kier alpha value is -0.820. The van der Waals surface area contributed by atoms with Gasteiger partial charge in [0.1, 0.15) is 0 Å². The summed E-state index contributed by atoms with van der Waals surface area (Å²) in [5.74, 6) is 1.28. The zero-order chi connectivity index (χ0) is 13.5. The Balaban J connectivity index is 1.76. The molecule has 0 aromatic heterocycles. The van der Waals surface area contributed by atoms with Crippen molar-refractivity contribution in [1.82, 2.24) is 0 Å². The van der Waals surface area contributed by atoms with E-state index in [-0.39, 0.29) is 6.10 Å². The molecule has 1 heteroatoms. The molecule has 1 N–H and O–H groups in total. The molecule has 2 rings (SSSR count). The zero-order valence-electron chi connectivity index (χ0n) is 12.2. The van der Waals surface area contributed by atoms with Crippen LogP contribution < -0.4 is 0 Å². The van der Waals surface area contributed by atoms with Crippen LogP contribution in [0.2, 0.25) is 0 Å². The summed E-state index contributed by atoms with van der Waals surface area (Å²) in [4.78, 5) is 0. The van der Waals surface area contributed by atoms with Gasteiger partial charge in [-0.2, -0.15) is 0 Å². The highest BCUT2D eigenvalue weighted by Gasteiger charge is 2.26. The van der Waals surface area contributed by atoms with Gasteiger partial charge in [-0.3, -0.25) is 0 Å². The quantitative estimate of drug-likeness (QED) is 0.721. The van der Waals surface area contributed by atoms with E-state index >= 15 is 0 Å². The standard InChI is InChI=1S/C18H28O/c1-2-3-5-10-18(19)17-13-11-16(12-14-17)15-8-6-4-7-9-15/h4,6-9,16-19H,2-3,5,10-14H2,1H3. The summed E-state index contributed by atoms with van der Waals surface area (Å²) in [6.45, 7) is 2.22. The Morgan fingerprint density at radius 2 is 1.74 bits per heavy atom. The van der Waals surface area contributed by atoms with Crippen molar-refractivity contribution >= 4 is 0 Å². The Kier molecular flexibility index (Phi) is 5.91. The lowest BCUT2D eigenvalue weighted by Gasteiger charge is -2.31. The van der Waals surface area contributed by atoms with Gasteiger partial charge < -0.3 is 5.11 Å². The second-order valence-corrected chi connectivity index (χ2v) is 6.09. The smallest absolute Gasteiger partial charge is 0.0568 e. The Morgan fingerprint density at radius 1 is 1.05 bits per heavy atom. The van der Waals surface area contributed by atoms with Gasteiger partial charge in [0, 0.05) is 0 Å². The van der Waals surface area contributed by atoms with E-state index in [2.05, 4.69) is 37.3 Å². The maximum atomic E-state index is 10.3. The van der Waals surface area contributed by atoms with E-state index in [1.807, 2.05) is 0 Å². The van der Waals surface area contributed by atoms with Crippen molar-refractivity contribution in [1.29, 1.82) is 0 Å². The maximum absolute atomic E-state index is 10.3. The SMILES string of the molecule is CCCCCC(O)C1CCC(c2ccccc2)CC1. The van der Waals surface area contributed by atoms with Gasteiger partial charge in [-0.25, -0.2) is 0 Å². The molecule has 0 heterocycles. The summed E-state index contributed by atoms with van der Waals surface area (Å²) in [5.41, 5.74) is 1.49. The third-order valence-corrected chi connectivity index (χ3v) is 4.69. The largest absolute Gasteiger partial charge is 0.393 e. The molecule has 1 aromatic carbocycles. The second kappa shape index (κ2) is 7.69. The fourth-order valence-electron chi connectivity index (χ4n) is 3.40. The Labute approximate surface area is 118 Å². The van der Waals surface area contributed by atoms with Crippen molar-refractivity contribution in [3.05, 3.63) is 35.9 Å². The fraction of sp³-hybridized carbons (Fsp3) is 0.667. The number of hydrogen-bond donors (Lipinski definition) is 1. The first-order valence-corrected chi connectivity index (χ1v) is 8.04. The number of rotatable bonds is 6. The van der Waals surface area contributed by atoms with E-state index < -0.39 is 0 Å². The maximum Gasteiger partial charge on any atom is 0.0568 e. The molecule has 1 nitrogen and oxygen atoms in total. The molecule has 19 heavy (non-hydrogen) atoms. The second-order valence-electron chi connectivity index (χ2n) is 6.09. The first kappa shape index (κ1) is 14.6. The summed E-state index contributed by atoms with van der Waals surface area (Å²) < 4.78 is 0. The highest BCUT2D eigenvalue weighted by molar-refractivity contribution is 5.19. The normalized spacial score (nSPS) is 25.2. The minimum Gasteiger partial charge on any atom is -0.393 e. The zero-order valence-corrected chi connectivity index (χ0v) is 12.2. The van der Waals surface area contributed by atoms with E-state index in [4.69, 9.17) is 0 Å². The van der Waals surface area contributed by atoms with Crippen molar-refractivity contribution in [2.24, 2.45) is 5.92 Å². The average molecular weight is 260 g/mol. The average Bonchev–Trinajstić information content (AvgIpc) is 2.48. The summed E-state index contributed by atoms with van der Waals surface area (Å²) in [6.07, 6.45) is 9.55. The van der Waals surface area contributed by atoms with Crippen LogP contribution in [0.4, 0.5) is 0 Å². The molecule has 1 unspecified atom stereocenters. The van der Waals surface area contributed by atoms with Gasteiger partial charge in [0.15, 0.2) is 0 Å². The van der Waals surface area contributed by atoms with Gasteiger partial charge in [0.2, 0.25) is 0 Å². The van der Waals surface area contributed by atoms with Crippen LogP contribution in [0.1, 0.15) is 69.8 Å². The van der Waals surface area contributed by atoms with Crippen LogP contribution in [-0.4, -0.2) is 11.2 Å². The van der Waals surface area contributed by atoms with E-state index in [1.54, 1.807) is 0 Å². The van der Waals surface area contributed by atoms with E-state index in [9.17, 15) is 5.11 Å². The molecule has 1 aliphatic rings. The number of benzene rings is 1. The number of unbranched alkanes of at least 4 members (excludes halogenated alkanes) is 2. The predicted molar refractivity (Wildman–Crippen MR) is 81.3 cm³/mol. The number of aliphatic hydroxyl groups is 1. The molecule has 1 fully saturated rings. The van der Waals surface area contributed by atoms with Gasteiger partial charge in [-0.1, -0.05) is 56.5 Å². The third-order valence-electron chi connectivity index (χ3n) is 4.69. The first-order chi connectivity index (χ1) is 9.31. The molecule has 0 bridgehead atoms. The molecule has 1 atom stereocenters. The van der Waals surface area contributed by atoms with Gasteiger partial charge in [-0.15, -0.1) is 0 Å². The minimum absolute atomic E-state index is 0.0525. The summed E-state index contributed by atoms with van der Waals surface area (Å²) in [5, 5.41) is 10.3. The highest BCUT2D eigenvalue weighted by Crippen LogP contribution is 2.37. The molecule has 0 spiro atoms. The lowest BCUT2D eigenvalue weighted by Crippen LogP contribution is -2.25. The van der Waals surface area contributed by atoms with Crippen molar-refractivity contribution in [3.63, 3.8) is 0 Å². The van der Waals surface area contributed by atoms with Gasteiger partial charge in [-0.05, 0) is 49.5 Å². The summed E-state index contributed by atoms with van der Waals surface area (Å²) >= 11 is 0. The Morgan fingerprint density at radius 3 is 2.37 bits per heavy atom. The van der Waals surface area contributed by atoms with Gasteiger partial charge >= 0.3 is 0 Å². The van der Waals surface area contributed by atoms with Crippen molar-refractivity contribution in [2.45, 2.75) is 70.3 Å². The molecule has 1 aliphatic carbocycles. The lowest BCUT2D eigenvalue weighted by molar-refractivity contribution is 0.0713. The van der Waals surface area contributed by atoms with Crippen LogP contribution in [0.3, 0.4) is 0 Å². The number of hydrogen-bond acceptors (Lipinski definition) is 1. The molecule has 0 radical (unpaired) electrons. The van der Waals surface area contributed by atoms with Crippen molar-refractivity contribution < 1.29 is 5.11 Å². The molecule has 1 aromatic rings. The van der Waals surface area contributed by atoms with Crippen molar-refractivity contribution in [3.8, 4) is 0 Å².